The molecule has 56 valence electrons. The van der Waals surface area contributed by atoms with Crippen LogP contribution in [-0.4, -0.2) is 29.9 Å². The molecule has 0 radical (unpaired) electrons. The van der Waals surface area contributed by atoms with Crippen molar-refractivity contribution in [1.82, 2.24) is 4.90 Å². The summed E-state index contributed by atoms with van der Waals surface area (Å²) in [6.07, 6.45) is -2.75. The lowest BCUT2D eigenvalue weighted by Crippen LogP contribution is -2.39. The summed E-state index contributed by atoms with van der Waals surface area (Å²) in [5, 5.41) is 0. The van der Waals surface area contributed by atoms with Gasteiger partial charge in [0.25, 0.3) is 6.43 Å². The van der Waals surface area contributed by atoms with E-state index in [0.29, 0.717) is 0 Å². The van der Waals surface area contributed by atoms with Gasteiger partial charge in [0.2, 0.25) is 4.46 Å². The van der Waals surface area contributed by atoms with Crippen molar-refractivity contribution in [3.05, 3.63) is 0 Å². The van der Waals surface area contributed by atoms with Crippen LogP contribution in [0.4, 0.5) is 8.78 Å². The van der Waals surface area contributed by atoms with E-state index in [0.717, 1.165) is 4.90 Å². The number of hydrogen-bond donors (Lipinski definition) is 0. The minimum Gasteiger partial charge on any atom is -0.274 e. The van der Waals surface area contributed by atoms with E-state index in [9.17, 15) is 8.78 Å². The van der Waals surface area contributed by atoms with Crippen molar-refractivity contribution < 1.29 is 8.78 Å². The van der Waals surface area contributed by atoms with Gasteiger partial charge in [-0.25, -0.2) is 8.78 Å². The van der Waals surface area contributed by atoms with E-state index in [4.69, 9.17) is 23.2 Å². The van der Waals surface area contributed by atoms with Gasteiger partial charge in [-0.15, -0.1) is 0 Å². The molecule has 0 saturated carbocycles. The Morgan fingerprint density at radius 1 is 1.33 bits per heavy atom. The average Bonchev–Trinajstić information content (AvgIpc) is 1.65. The van der Waals surface area contributed by atoms with Gasteiger partial charge in [-0.2, -0.15) is 0 Å². The van der Waals surface area contributed by atoms with Crippen molar-refractivity contribution in [2.24, 2.45) is 0 Å². The van der Waals surface area contributed by atoms with Crippen molar-refractivity contribution in [2.75, 3.05) is 14.1 Å². The first-order chi connectivity index (χ1) is 3.89. The third kappa shape index (κ3) is 2.24. The third-order valence-electron chi connectivity index (χ3n) is 0.859. The molecule has 0 aromatic carbocycles. The summed E-state index contributed by atoms with van der Waals surface area (Å²) in [6.45, 7) is 0. The molecule has 0 aliphatic heterocycles. The molecule has 0 fully saturated rings. The van der Waals surface area contributed by atoms with Gasteiger partial charge in [-0.05, 0) is 14.1 Å². The van der Waals surface area contributed by atoms with Crippen molar-refractivity contribution in [3.8, 4) is 0 Å². The lowest BCUT2D eigenvalue weighted by atomic mass is 10.6. The fourth-order valence-corrected chi connectivity index (χ4v) is 0.195. The standard InChI is InChI=1S/C4H7Cl2F2N/c1-9(2)4(5,6)3(7)8/h3H,1-2H3. The number of halogens is 4. The first-order valence-corrected chi connectivity index (χ1v) is 2.98. The van der Waals surface area contributed by atoms with E-state index in [1.54, 1.807) is 0 Å². The Bertz CT molecular complexity index is 84.6. The Morgan fingerprint density at radius 2 is 1.67 bits per heavy atom. The Kier molecular flexibility index (Phi) is 3.12. The van der Waals surface area contributed by atoms with Crippen molar-refractivity contribution in [2.45, 2.75) is 10.9 Å². The van der Waals surface area contributed by atoms with E-state index >= 15 is 0 Å². The zero-order valence-electron chi connectivity index (χ0n) is 5.04. The van der Waals surface area contributed by atoms with E-state index in [2.05, 4.69) is 0 Å². The van der Waals surface area contributed by atoms with E-state index in [1.807, 2.05) is 0 Å². The molecule has 0 aliphatic rings. The second kappa shape index (κ2) is 2.99. The lowest BCUT2D eigenvalue weighted by Gasteiger charge is -2.25. The van der Waals surface area contributed by atoms with Gasteiger partial charge in [0.15, 0.2) is 0 Å². The van der Waals surface area contributed by atoms with Crippen LogP contribution >= 0.6 is 23.2 Å². The van der Waals surface area contributed by atoms with Gasteiger partial charge in [0.1, 0.15) is 0 Å². The summed E-state index contributed by atoms with van der Waals surface area (Å²) in [5.41, 5.74) is 0. The molecule has 0 atom stereocenters. The number of alkyl halides is 4. The molecule has 0 rings (SSSR count). The smallest absolute Gasteiger partial charge is 0.274 e. The largest absolute Gasteiger partial charge is 0.284 e. The molecule has 0 unspecified atom stereocenters. The third-order valence-corrected chi connectivity index (χ3v) is 1.86. The molecular weight excluding hydrogens is 171 g/mol. The first-order valence-electron chi connectivity index (χ1n) is 2.22. The summed E-state index contributed by atoms with van der Waals surface area (Å²) in [6, 6.07) is 0. The molecule has 1 nitrogen and oxygen atoms in total. The summed E-state index contributed by atoms with van der Waals surface area (Å²) in [5.74, 6) is 0. The Labute approximate surface area is 62.5 Å². The van der Waals surface area contributed by atoms with Crippen LogP contribution in [0.1, 0.15) is 0 Å². The van der Waals surface area contributed by atoms with Crippen LogP contribution in [0.25, 0.3) is 0 Å². The van der Waals surface area contributed by atoms with E-state index in [-0.39, 0.29) is 0 Å². The number of rotatable bonds is 2. The predicted molar refractivity (Wildman–Crippen MR) is 34.1 cm³/mol. The summed E-state index contributed by atoms with van der Waals surface area (Å²) in [7, 11) is 2.76. The molecule has 0 aliphatic carbocycles. The number of nitrogens with zero attached hydrogens (tertiary/aromatic N) is 1. The maximum atomic E-state index is 11.8. The summed E-state index contributed by atoms with van der Waals surface area (Å²) in [4.78, 5) is 1.04. The minimum atomic E-state index is -2.75. The molecule has 0 N–H and O–H groups in total. The van der Waals surface area contributed by atoms with Crippen LogP contribution in [0.15, 0.2) is 0 Å². The topological polar surface area (TPSA) is 3.24 Å². The second-order valence-electron chi connectivity index (χ2n) is 1.78. The maximum Gasteiger partial charge on any atom is 0.284 e. The van der Waals surface area contributed by atoms with Crippen molar-refractivity contribution in [3.63, 3.8) is 0 Å². The van der Waals surface area contributed by atoms with Gasteiger partial charge in [0, 0.05) is 0 Å². The van der Waals surface area contributed by atoms with Gasteiger partial charge >= 0.3 is 0 Å². The fraction of sp³-hybridized carbons (Fsp3) is 1.00. The highest BCUT2D eigenvalue weighted by molar-refractivity contribution is 6.48. The molecular formula is C4H7Cl2F2N. The van der Waals surface area contributed by atoms with Gasteiger partial charge in [-0.3, -0.25) is 4.90 Å². The highest BCUT2D eigenvalue weighted by Crippen LogP contribution is 2.30. The monoisotopic (exact) mass is 177 g/mol. The highest BCUT2D eigenvalue weighted by Gasteiger charge is 2.37. The molecule has 5 heteroatoms. The SMILES string of the molecule is CN(C)C(Cl)(Cl)C(F)F. The van der Waals surface area contributed by atoms with Gasteiger partial charge in [-0.1, -0.05) is 23.2 Å². The van der Waals surface area contributed by atoms with Crippen LogP contribution < -0.4 is 0 Å². The van der Waals surface area contributed by atoms with Gasteiger partial charge in [0.05, 0.1) is 0 Å². The Balaban J connectivity index is 4.01. The molecule has 0 spiro atoms. The van der Waals surface area contributed by atoms with E-state index in [1.165, 1.54) is 14.1 Å². The molecule has 0 amide bonds. The van der Waals surface area contributed by atoms with Crippen LogP contribution in [0.5, 0.6) is 0 Å². The fourth-order valence-electron chi connectivity index (χ4n) is 0.195. The average molecular weight is 178 g/mol. The van der Waals surface area contributed by atoms with Crippen LogP contribution in [0, 0.1) is 0 Å². The van der Waals surface area contributed by atoms with Crippen molar-refractivity contribution in [1.29, 1.82) is 0 Å². The molecule has 0 bridgehead atoms. The molecule has 9 heavy (non-hydrogen) atoms. The molecule has 0 aromatic rings. The molecule has 0 heterocycles. The normalized spacial score (nSPS) is 13.3. The summed E-state index contributed by atoms with van der Waals surface area (Å²) < 4.78 is 21.5. The summed E-state index contributed by atoms with van der Waals surface area (Å²) >= 11 is 10.3. The predicted octanol–water partition coefficient (Wildman–Crippen LogP) is 1.94. The zero-order valence-corrected chi connectivity index (χ0v) is 6.55. The van der Waals surface area contributed by atoms with Crippen LogP contribution in [-0.2, 0) is 0 Å². The first kappa shape index (κ1) is 9.40. The highest BCUT2D eigenvalue weighted by atomic mass is 35.5. The molecule has 0 saturated heterocycles. The molecule has 0 aromatic heterocycles. The Hall–Kier alpha value is 0.400. The maximum absolute atomic E-state index is 11.8. The van der Waals surface area contributed by atoms with Crippen molar-refractivity contribution >= 4 is 23.2 Å². The van der Waals surface area contributed by atoms with Crippen LogP contribution in [0.3, 0.4) is 0 Å². The van der Waals surface area contributed by atoms with Crippen LogP contribution in [0.2, 0.25) is 0 Å². The number of hydrogen-bond acceptors (Lipinski definition) is 1. The van der Waals surface area contributed by atoms with Gasteiger partial charge < -0.3 is 0 Å². The lowest BCUT2D eigenvalue weighted by molar-refractivity contribution is 0.0680. The Morgan fingerprint density at radius 3 is 1.67 bits per heavy atom. The van der Waals surface area contributed by atoms with E-state index < -0.39 is 10.9 Å². The zero-order chi connectivity index (χ0) is 7.65. The quantitative estimate of drug-likeness (QED) is 0.461. The minimum absolute atomic E-state index is 1.04. The second-order valence-corrected chi connectivity index (χ2v) is 3.13.